The van der Waals surface area contributed by atoms with E-state index in [4.69, 9.17) is 22.4 Å². The van der Waals surface area contributed by atoms with E-state index >= 15 is 0 Å². The molecule has 1 unspecified atom stereocenters. The number of carboxylic acids is 1. The molecule has 0 aromatic heterocycles. The Bertz CT molecular complexity index is 443. The van der Waals surface area contributed by atoms with E-state index in [2.05, 4.69) is 0 Å². The Labute approximate surface area is 97.6 Å². The number of phenolic OH excluding ortho intramolecular Hbond substituents is 1. The first-order valence-corrected chi connectivity index (χ1v) is 5.32. The van der Waals surface area contributed by atoms with Crippen molar-refractivity contribution >= 4 is 17.6 Å². The summed E-state index contributed by atoms with van der Waals surface area (Å²) in [7, 11) is 0. The zero-order valence-corrected chi connectivity index (χ0v) is 9.24. The van der Waals surface area contributed by atoms with Crippen LogP contribution in [0, 0.1) is 0 Å². The number of benzene rings is 1. The molecule has 0 heterocycles. The summed E-state index contributed by atoms with van der Waals surface area (Å²) >= 11 is 5.72. The third-order valence-corrected chi connectivity index (χ3v) is 3.38. The Morgan fingerprint density at radius 1 is 1.50 bits per heavy atom. The Morgan fingerprint density at radius 3 is 2.56 bits per heavy atom. The predicted molar refractivity (Wildman–Crippen MR) is 59.6 cm³/mol. The van der Waals surface area contributed by atoms with Gasteiger partial charge in [-0.3, -0.25) is 4.79 Å². The van der Waals surface area contributed by atoms with Gasteiger partial charge in [-0.1, -0.05) is 17.7 Å². The van der Waals surface area contributed by atoms with E-state index in [-0.39, 0.29) is 5.75 Å². The van der Waals surface area contributed by atoms with Gasteiger partial charge >= 0.3 is 5.97 Å². The minimum atomic E-state index is -1.05. The molecule has 1 fully saturated rings. The summed E-state index contributed by atoms with van der Waals surface area (Å²) in [5.74, 6) is -1.03. The first-order valence-electron chi connectivity index (χ1n) is 4.95. The maximum atomic E-state index is 10.9. The van der Waals surface area contributed by atoms with E-state index < -0.39 is 17.4 Å². The van der Waals surface area contributed by atoms with Crippen molar-refractivity contribution in [2.75, 3.05) is 0 Å². The second kappa shape index (κ2) is 3.64. The lowest BCUT2D eigenvalue weighted by atomic mass is 9.88. The molecule has 2 rings (SSSR count). The van der Waals surface area contributed by atoms with Crippen LogP contribution in [0.15, 0.2) is 18.2 Å². The molecule has 0 aliphatic heterocycles. The van der Waals surface area contributed by atoms with Crippen LogP contribution in [0.25, 0.3) is 0 Å². The Kier molecular flexibility index (Phi) is 2.56. The second-order valence-corrected chi connectivity index (χ2v) is 4.57. The summed E-state index contributed by atoms with van der Waals surface area (Å²) in [5, 5.41) is 19.1. The fourth-order valence-electron chi connectivity index (χ4n) is 2.04. The highest BCUT2D eigenvalue weighted by atomic mass is 35.5. The normalized spacial score (nSPS) is 19.1. The third-order valence-electron chi connectivity index (χ3n) is 3.15. The highest BCUT2D eigenvalue weighted by Crippen LogP contribution is 2.53. The standard InChI is InChI=1S/C11H12ClNO3/c12-6-1-2-7(8(14)5-6)11(3-4-11)9(13)10(15)16/h1-2,5,9,14H,3-4,13H2,(H,15,16). The molecule has 1 aromatic carbocycles. The Balaban J connectivity index is 2.40. The largest absolute Gasteiger partial charge is 0.508 e. The van der Waals surface area contributed by atoms with Gasteiger partial charge in [0.1, 0.15) is 11.8 Å². The van der Waals surface area contributed by atoms with Crippen molar-refractivity contribution in [3.8, 4) is 5.75 Å². The van der Waals surface area contributed by atoms with Crippen LogP contribution in [-0.4, -0.2) is 22.2 Å². The van der Waals surface area contributed by atoms with Crippen LogP contribution >= 0.6 is 11.6 Å². The van der Waals surface area contributed by atoms with Gasteiger partial charge in [0.05, 0.1) is 0 Å². The lowest BCUT2D eigenvalue weighted by molar-refractivity contribution is -0.139. The molecule has 0 saturated heterocycles. The van der Waals surface area contributed by atoms with Crippen molar-refractivity contribution < 1.29 is 15.0 Å². The molecule has 1 aromatic rings. The number of halogens is 1. The molecule has 1 aliphatic rings. The van der Waals surface area contributed by atoms with E-state index in [1.807, 2.05) is 0 Å². The predicted octanol–water partition coefficient (Wildman–Crippen LogP) is 1.49. The zero-order chi connectivity index (χ0) is 11.9. The van der Waals surface area contributed by atoms with Gasteiger partial charge in [0.15, 0.2) is 0 Å². The van der Waals surface area contributed by atoms with Gasteiger partial charge in [-0.2, -0.15) is 0 Å². The van der Waals surface area contributed by atoms with Crippen LogP contribution in [0.4, 0.5) is 0 Å². The molecule has 5 heteroatoms. The van der Waals surface area contributed by atoms with Crippen molar-refractivity contribution in [2.45, 2.75) is 24.3 Å². The molecule has 86 valence electrons. The smallest absolute Gasteiger partial charge is 0.321 e. The molecule has 0 spiro atoms. The molecular formula is C11H12ClNO3. The fraction of sp³-hybridized carbons (Fsp3) is 0.364. The summed E-state index contributed by atoms with van der Waals surface area (Å²) in [5.41, 5.74) is 5.60. The molecule has 1 aliphatic carbocycles. The number of phenols is 1. The summed E-state index contributed by atoms with van der Waals surface area (Å²) in [6, 6.07) is 3.70. The molecular weight excluding hydrogens is 230 g/mol. The molecule has 1 atom stereocenters. The minimum absolute atomic E-state index is 0.0155. The SMILES string of the molecule is NC(C(=O)O)C1(c2ccc(Cl)cc2O)CC1. The number of aromatic hydroxyl groups is 1. The van der Waals surface area contributed by atoms with Crippen molar-refractivity contribution in [3.05, 3.63) is 28.8 Å². The van der Waals surface area contributed by atoms with E-state index in [9.17, 15) is 9.90 Å². The average molecular weight is 242 g/mol. The van der Waals surface area contributed by atoms with Crippen molar-refractivity contribution in [1.82, 2.24) is 0 Å². The number of hydrogen-bond donors (Lipinski definition) is 3. The highest BCUT2D eigenvalue weighted by Gasteiger charge is 2.53. The number of hydrogen-bond acceptors (Lipinski definition) is 3. The van der Waals surface area contributed by atoms with Crippen LogP contribution in [0.2, 0.25) is 5.02 Å². The van der Waals surface area contributed by atoms with Crippen LogP contribution in [0.5, 0.6) is 5.75 Å². The van der Waals surface area contributed by atoms with E-state index in [0.717, 1.165) is 0 Å². The lowest BCUT2D eigenvalue weighted by Crippen LogP contribution is -2.41. The summed E-state index contributed by atoms with van der Waals surface area (Å²) in [6.45, 7) is 0. The van der Waals surface area contributed by atoms with Gasteiger partial charge in [-0.25, -0.2) is 0 Å². The van der Waals surface area contributed by atoms with Crippen molar-refractivity contribution in [1.29, 1.82) is 0 Å². The quantitative estimate of drug-likeness (QED) is 0.749. The molecule has 0 radical (unpaired) electrons. The van der Waals surface area contributed by atoms with Gasteiger partial charge in [0.25, 0.3) is 0 Å². The van der Waals surface area contributed by atoms with Crippen LogP contribution in [0.3, 0.4) is 0 Å². The Hall–Kier alpha value is -1.26. The molecule has 4 nitrogen and oxygen atoms in total. The topological polar surface area (TPSA) is 83.6 Å². The van der Waals surface area contributed by atoms with Crippen LogP contribution in [0.1, 0.15) is 18.4 Å². The Morgan fingerprint density at radius 2 is 2.12 bits per heavy atom. The second-order valence-electron chi connectivity index (χ2n) is 4.13. The summed E-state index contributed by atoms with van der Waals surface area (Å²) < 4.78 is 0. The fourth-order valence-corrected chi connectivity index (χ4v) is 2.21. The van der Waals surface area contributed by atoms with Gasteiger partial charge in [0.2, 0.25) is 0 Å². The van der Waals surface area contributed by atoms with Gasteiger partial charge in [-0.15, -0.1) is 0 Å². The number of rotatable bonds is 3. The average Bonchev–Trinajstić information content (AvgIpc) is 2.97. The molecule has 16 heavy (non-hydrogen) atoms. The van der Waals surface area contributed by atoms with Gasteiger partial charge in [-0.05, 0) is 25.0 Å². The zero-order valence-electron chi connectivity index (χ0n) is 8.48. The number of carboxylic acid groups (broad SMARTS) is 1. The van der Waals surface area contributed by atoms with Gasteiger partial charge < -0.3 is 15.9 Å². The maximum Gasteiger partial charge on any atom is 0.321 e. The first-order chi connectivity index (χ1) is 7.47. The number of aliphatic carboxylic acids is 1. The van der Waals surface area contributed by atoms with E-state index in [1.165, 1.54) is 6.07 Å². The lowest BCUT2D eigenvalue weighted by Gasteiger charge is -2.21. The number of nitrogens with two attached hydrogens (primary N) is 1. The van der Waals surface area contributed by atoms with Crippen molar-refractivity contribution in [2.24, 2.45) is 5.73 Å². The highest BCUT2D eigenvalue weighted by molar-refractivity contribution is 6.30. The van der Waals surface area contributed by atoms with E-state index in [0.29, 0.717) is 23.4 Å². The van der Waals surface area contributed by atoms with Crippen LogP contribution in [-0.2, 0) is 10.2 Å². The van der Waals surface area contributed by atoms with E-state index in [1.54, 1.807) is 12.1 Å². The van der Waals surface area contributed by atoms with Gasteiger partial charge in [0, 0.05) is 16.0 Å². The molecule has 1 saturated carbocycles. The first kappa shape index (κ1) is 11.2. The minimum Gasteiger partial charge on any atom is -0.508 e. The summed E-state index contributed by atoms with van der Waals surface area (Å²) in [6.07, 6.45) is 1.35. The summed E-state index contributed by atoms with van der Waals surface area (Å²) in [4.78, 5) is 10.9. The maximum absolute atomic E-state index is 10.9. The molecule has 0 bridgehead atoms. The number of carbonyl (C=O) groups is 1. The van der Waals surface area contributed by atoms with Crippen LogP contribution < -0.4 is 5.73 Å². The molecule has 4 N–H and O–H groups in total. The third kappa shape index (κ3) is 1.64. The van der Waals surface area contributed by atoms with Crippen molar-refractivity contribution in [3.63, 3.8) is 0 Å². The monoisotopic (exact) mass is 241 g/mol. The molecule has 0 amide bonds.